The lowest BCUT2D eigenvalue weighted by atomic mass is 10.1. The molecular formula is C22H29ClIN5OS. The van der Waals surface area contributed by atoms with Crippen LogP contribution in [0.1, 0.15) is 16.5 Å². The molecule has 3 N–H and O–H groups in total. The first kappa shape index (κ1) is 24.3. The van der Waals surface area contributed by atoms with Gasteiger partial charge in [0, 0.05) is 60.2 Å². The summed E-state index contributed by atoms with van der Waals surface area (Å²) in [6.07, 6.45) is 2.95. The Kier molecular flexibility index (Phi) is 9.46. The Hall–Kier alpha value is -1.33. The molecule has 6 nitrogen and oxygen atoms in total. The van der Waals surface area contributed by atoms with E-state index in [9.17, 15) is 0 Å². The van der Waals surface area contributed by atoms with Crippen LogP contribution in [0.2, 0.25) is 5.02 Å². The highest BCUT2D eigenvalue weighted by Gasteiger charge is 2.23. The van der Waals surface area contributed by atoms with Gasteiger partial charge in [-0.05, 0) is 41.6 Å². The van der Waals surface area contributed by atoms with Gasteiger partial charge in [0.15, 0.2) is 5.96 Å². The molecule has 3 heterocycles. The third-order valence-electron chi connectivity index (χ3n) is 5.46. The predicted octanol–water partition coefficient (Wildman–Crippen LogP) is 4.28. The van der Waals surface area contributed by atoms with E-state index in [0.717, 1.165) is 62.3 Å². The van der Waals surface area contributed by atoms with E-state index in [0.29, 0.717) is 6.04 Å². The van der Waals surface area contributed by atoms with Gasteiger partial charge in [-0.15, -0.1) is 35.3 Å². The number of aliphatic imine (C=N–C) groups is 1. The maximum atomic E-state index is 6.16. The Balaban J connectivity index is 0.00000272. The number of hydrogen-bond acceptors (Lipinski definition) is 4. The molecule has 1 unspecified atom stereocenters. The van der Waals surface area contributed by atoms with Crippen molar-refractivity contribution in [3.8, 4) is 0 Å². The van der Waals surface area contributed by atoms with E-state index in [2.05, 4.69) is 49.2 Å². The van der Waals surface area contributed by atoms with E-state index in [1.807, 2.05) is 25.2 Å². The molecule has 1 atom stereocenters. The van der Waals surface area contributed by atoms with Crippen LogP contribution in [0.25, 0.3) is 10.9 Å². The molecule has 1 aliphatic heterocycles. The Morgan fingerprint density at radius 2 is 2.13 bits per heavy atom. The Morgan fingerprint density at radius 1 is 1.29 bits per heavy atom. The molecule has 168 valence electrons. The molecule has 9 heteroatoms. The number of fused-ring (bicyclic) bond motifs is 1. The van der Waals surface area contributed by atoms with Crippen molar-refractivity contribution in [2.24, 2.45) is 4.99 Å². The van der Waals surface area contributed by atoms with E-state index in [-0.39, 0.29) is 24.0 Å². The maximum Gasteiger partial charge on any atom is 0.191 e. The summed E-state index contributed by atoms with van der Waals surface area (Å²) in [5.41, 5.74) is 2.36. The molecule has 0 saturated carbocycles. The summed E-state index contributed by atoms with van der Waals surface area (Å²) in [4.78, 5) is 11.6. The van der Waals surface area contributed by atoms with Crippen molar-refractivity contribution in [1.82, 2.24) is 20.5 Å². The summed E-state index contributed by atoms with van der Waals surface area (Å²) in [7, 11) is 1.82. The van der Waals surface area contributed by atoms with Crippen molar-refractivity contribution in [3.63, 3.8) is 0 Å². The minimum Gasteiger partial charge on any atom is -0.379 e. The van der Waals surface area contributed by atoms with E-state index in [1.54, 1.807) is 11.3 Å². The molecule has 0 spiro atoms. The van der Waals surface area contributed by atoms with Crippen LogP contribution < -0.4 is 10.6 Å². The Morgan fingerprint density at radius 3 is 2.87 bits per heavy atom. The molecule has 31 heavy (non-hydrogen) atoms. The fraction of sp³-hybridized carbons (Fsp3) is 0.409. The zero-order chi connectivity index (χ0) is 20.8. The van der Waals surface area contributed by atoms with Gasteiger partial charge in [0.05, 0.1) is 19.3 Å². The highest BCUT2D eigenvalue weighted by atomic mass is 127. The van der Waals surface area contributed by atoms with Crippen LogP contribution in [0.15, 0.2) is 46.9 Å². The van der Waals surface area contributed by atoms with Crippen LogP contribution in [0.4, 0.5) is 0 Å². The fourth-order valence-electron chi connectivity index (χ4n) is 3.87. The number of nitrogens with one attached hydrogen (secondary N) is 3. The van der Waals surface area contributed by atoms with Gasteiger partial charge in [-0.25, -0.2) is 0 Å². The topological polar surface area (TPSA) is 64.7 Å². The summed E-state index contributed by atoms with van der Waals surface area (Å²) in [6, 6.07) is 10.6. The average Bonchev–Trinajstić information content (AvgIpc) is 3.44. The standard InChI is InChI=1S/C22H28ClN5OS.HI/c1-24-22(25-7-6-16-14-26-19-5-4-17(23)13-18(16)19)27-15-20(21-3-2-12-30-21)28-8-10-29-11-9-28;/h2-5,12-14,20,26H,6-11,15H2,1H3,(H2,24,25,27);1H. The third kappa shape index (κ3) is 6.35. The maximum absolute atomic E-state index is 6.16. The van der Waals surface area contributed by atoms with Gasteiger partial charge >= 0.3 is 0 Å². The van der Waals surface area contributed by atoms with Crippen LogP contribution in [0, 0.1) is 0 Å². The van der Waals surface area contributed by atoms with Gasteiger partial charge in [0.25, 0.3) is 0 Å². The van der Waals surface area contributed by atoms with E-state index in [1.165, 1.54) is 15.8 Å². The number of thiophene rings is 1. The summed E-state index contributed by atoms with van der Waals surface area (Å²) in [5.74, 6) is 0.822. The Bertz CT molecular complexity index is 972. The first-order chi connectivity index (χ1) is 14.7. The monoisotopic (exact) mass is 573 g/mol. The van der Waals surface area contributed by atoms with Crippen molar-refractivity contribution in [1.29, 1.82) is 0 Å². The van der Waals surface area contributed by atoms with Crippen LogP contribution in [0.3, 0.4) is 0 Å². The second kappa shape index (κ2) is 12.1. The number of guanidine groups is 1. The molecule has 0 aliphatic carbocycles. The lowest BCUT2D eigenvalue weighted by Crippen LogP contribution is -2.46. The number of ether oxygens (including phenoxy) is 1. The largest absolute Gasteiger partial charge is 0.379 e. The second-order valence-electron chi connectivity index (χ2n) is 7.31. The minimum atomic E-state index is 0. The normalized spacial score (nSPS) is 16.1. The predicted molar refractivity (Wildman–Crippen MR) is 141 cm³/mol. The van der Waals surface area contributed by atoms with E-state index >= 15 is 0 Å². The number of H-pyrrole nitrogens is 1. The molecule has 4 rings (SSSR count). The smallest absolute Gasteiger partial charge is 0.191 e. The summed E-state index contributed by atoms with van der Waals surface area (Å²) >= 11 is 7.97. The number of benzene rings is 1. The van der Waals surface area contributed by atoms with Crippen molar-refractivity contribution >= 4 is 63.8 Å². The van der Waals surface area contributed by atoms with Gasteiger partial charge < -0.3 is 20.4 Å². The zero-order valence-electron chi connectivity index (χ0n) is 17.6. The van der Waals surface area contributed by atoms with Gasteiger partial charge in [-0.2, -0.15) is 0 Å². The highest BCUT2D eigenvalue weighted by Crippen LogP contribution is 2.25. The van der Waals surface area contributed by atoms with Crippen molar-refractivity contribution in [2.45, 2.75) is 12.5 Å². The Labute approximate surface area is 209 Å². The van der Waals surface area contributed by atoms with Crippen LogP contribution in [-0.2, 0) is 11.2 Å². The highest BCUT2D eigenvalue weighted by molar-refractivity contribution is 14.0. The minimum absolute atomic E-state index is 0. The molecule has 1 fully saturated rings. The van der Waals surface area contributed by atoms with Crippen LogP contribution in [-0.4, -0.2) is 62.3 Å². The molecule has 1 aromatic carbocycles. The molecule has 1 saturated heterocycles. The second-order valence-corrected chi connectivity index (χ2v) is 8.73. The number of rotatable bonds is 7. The molecule has 0 bridgehead atoms. The summed E-state index contributed by atoms with van der Waals surface area (Å²) < 4.78 is 5.53. The third-order valence-corrected chi connectivity index (χ3v) is 6.67. The SMILES string of the molecule is CN=C(NCCc1c[nH]c2ccc(Cl)cc12)NCC(c1cccs1)N1CCOCC1.I. The molecule has 2 aromatic heterocycles. The first-order valence-corrected chi connectivity index (χ1v) is 11.6. The molecule has 0 amide bonds. The lowest BCUT2D eigenvalue weighted by Gasteiger charge is -2.34. The number of aromatic amines is 1. The van der Waals surface area contributed by atoms with Crippen LogP contribution in [0.5, 0.6) is 0 Å². The van der Waals surface area contributed by atoms with Gasteiger partial charge in [0.1, 0.15) is 0 Å². The van der Waals surface area contributed by atoms with E-state index < -0.39 is 0 Å². The molecule has 1 aliphatic rings. The van der Waals surface area contributed by atoms with Crippen molar-refractivity contribution in [3.05, 3.63) is 57.4 Å². The number of nitrogens with zero attached hydrogens (tertiary/aromatic N) is 2. The van der Waals surface area contributed by atoms with Crippen LogP contribution >= 0.6 is 46.9 Å². The quantitative estimate of drug-likeness (QED) is 0.224. The van der Waals surface area contributed by atoms with Gasteiger partial charge in [-0.3, -0.25) is 9.89 Å². The average molecular weight is 574 g/mol. The molecule has 3 aromatic rings. The van der Waals surface area contributed by atoms with Crippen molar-refractivity contribution in [2.75, 3.05) is 46.4 Å². The van der Waals surface area contributed by atoms with Gasteiger partial charge in [0.2, 0.25) is 0 Å². The molecular weight excluding hydrogens is 545 g/mol. The number of hydrogen-bond donors (Lipinski definition) is 3. The lowest BCUT2D eigenvalue weighted by molar-refractivity contribution is 0.0177. The summed E-state index contributed by atoms with van der Waals surface area (Å²) in [6.45, 7) is 5.11. The first-order valence-electron chi connectivity index (χ1n) is 10.3. The number of halogens is 2. The van der Waals surface area contributed by atoms with Crippen molar-refractivity contribution < 1.29 is 4.74 Å². The zero-order valence-corrected chi connectivity index (χ0v) is 21.5. The van der Waals surface area contributed by atoms with E-state index in [4.69, 9.17) is 16.3 Å². The van der Waals surface area contributed by atoms with Gasteiger partial charge in [-0.1, -0.05) is 17.7 Å². The molecule has 0 radical (unpaired) electrons. The number of aromatic nitrogens is 1. The summed E-state index contributed by atoms with van der Waals surface area (Å²) in [5, 5.41) is 11.0. The fourth-order valence-corrected chi connectivity index (χ4v) is 4.90. The number of morpholine rings is 1.